The third-order valence-electron chi connectivity index (χ3n) is 6.22. The van der Waals surface area contributed by atoms with Crippen molar-refractivity contribution in [3.63, 3.8) is 0 Å². The van der Waals surface area contributed by atoms with Crippen molar-refractivity contribution in [2.45, 2.75) is 31.2 Å². The van der Waals surface area contributed by atoms with E-state index in [0.717, 1.165) is 37.9 Å². The van der Waals surface area contributed by atoms with Gasteiger partial charge < -0.3 is 15.0 Å². The van der Waals surface area contributed by atoms with Gasteiger partial charge in [0.15, 0.2) is 5.88 Å². The summed E-state index contributed by atoms with van der Waals surface area (Å²) in [5.41, 5.74) is 3.47. The van der Waals surface area contributed by atoms with E-state index in [0.29, 0.717) is 17.5 Å². The van der Waals surface area contributed by atoms with Gasteiger partial charge in [0, 0.05) is 31.1 Å². The number of benzene rings is 2. The highest BCUT2D eigenvalue weighted by Gasteiger charge is 2.40. The third kappa shape index (κ3) is 5.34. The van der Waals surface area contributed by atoms with Gasteiger partial charge in [0.25, 0.3) is 5.56 Å². The molecule has 1 aliphatic heterocycles. The van der Waals surface area contributed by atoms with E-state index in [9.17, 15) is 9.59 Å². The number of H-pyrrole nitrogens is 1. The Morgan fingerprint density at radius 2 is 1.79 bits per heavy atom. The number of pyridine rings is 1. The number of carbonyl (C=O) groups is 1. The maximum atomic E-state index is 12.7. The molecule has 0 radical (unpaired) electrons. The Kier molecular flexibility index (Phi) is 5.98. The molecule has 2 amide bonds. The molecule has 6 nitrogen and oxygen atoms in total. The minimum Gasteiger partial charge on any atom is -0.441 e. The molecule has 1 aliphatic carbocycles. The molecule has 1 saturated heterocycles. The lowest BCUT2D eigenvalue weighted by Crippen LogP contribution is -2.44. The molecule has 2 fully saturated rings. The van der Waals surface area contributed by atoms with Crippen LogP contribution in [0.4, 0.5) is 4.79 Å². The fourth-order valence-electron chi connectivity index (χ4n) is 4.33. The summed E-state index contributed by atoms with van der Waals surface area (Å²) in [7, 11) is 0. The molecule has 33 heavy (non-hydrogen) atoms. The van der Waals surface area contributed by atoms with E-state index in [-0.39, 0.29) is 17.6 Å². The van der Waals surface area contributed by atoms with Crippen LogP contribution in [0.15, 0.2) is 83.2 Å². The second kappa shape index (κ2) is 9.36. The van der Waals surface area contributed by atoms with E-state index < -0.39 is 0 Å². The molecular weight excluding hydrogens is 414 g/mol. The van der Waals surface area contributed by atoms with Crippen molar-refractivity contribution in [3.8, 4) is 11.6 Å². The fraction of sp³-hybridized carbons (Fsp3) is 0.259. The summed E-state index contributed by atoms with van der Waals surface area (Å²) in [5.74, 6) is 1.52. The van der Waals surface area contributed by atoms with E-state index in [1.165, 1.54) is 17.2 Å². The van der Waals surface area contributed by atoms with Crippen molar-refractivity contribution < 1.29 is 9.53 Å². The predicted octanol–water partition coefficient (Wildman–Crippen LogP) is 4.91. The number of nitrogens with zero attached hydrogens (tertiary/aromatic N) is 1. The first-order chi connectivity index (χ1) is 16.1. The van der Waals surface area contributed by atoms with Crippen LogP contribution in [0, 0.1) is 0 Å². The van der Waals surface area contributed by atoms with Crippen molar-refractivity contribution in [2.24, 2.45) is 0 Å². The van der Waals surface area contributed by atoms with Crippen LogP contribution in [0.5, 0.6) is 11.6 Å². The number of rotatable bonds is 5. The lowest BCUT2D eigenvalue weighted by Gasteiger charge is -2.28. The smallest absolute Gasteiger partial charge is 0.317 e. The normalized spacial score (nSPS) is 19.6. The Balaban J connectivity index is 1.14. The van der Waals surface area contributed by atoms with Crippen LogP contribution >= 0.6 is 0 Å². The van der Waals surface area contributed by atoms with Gasteiger partial charge in [-0.05, 0) is 48.6 Å². The van der Waals surface area contributed by atoms with Gasteiger partial charge in [-0.15, -0.1) is 0 Å². The molecule has 6 heteroatoms. The second-order valence-electron chi connectivity index (χ2n) is 8.65. The zero-order chi connectivity index (χ0) is 22.6. The number of urea groups is 1. The van der Waals surface area contributed by atoms with Crippen LogP contribution in [0.3, 0.4) is 0 Å². The number of amides is 2. The van der Waals surface area contributed by atoms with Crippen LogP contribution in [0.2, 0.25) is 0 Å². The summed E-state index contributed by atoms with van der Waals surface area (Å²) in [6, 6.07) is 23.3. The maximum Gasteiger partial charge on any atom is 0.317 e. The minimum atomic E-state index is -0.196. The molecular formula is C27H27N3O3. The Morgan fingerprint density at radius 1 is 1.00 bits per heavy atom. The number of likely N-dealkylation sites (tertiary alicyclic amines) is 1. The summed E-state index contributed by atoms with van der Waals surface area (Å²) >= 11 is 0. The summed E-state index contributed by atoms with van der Waals surface area (Å²) < 4.78 is 5.77. The first kappa shape index (κ1) is 21.1. The molecule has 3 aromatic rings. The summed E-state index contributed by atoms with van der Waals surface area (Å²) in [5, 5.41) is 3.20. The molecule has 168 valence electrons. The van der Waals surface area contributed by atoms with Gasteiger partial charge in [-0.25, -0.2) is 4.79 Å². The molecule has 2 aliphatic rings. The van der Waals surface area contributed by atoms with Crippen LogP contribution in [0.25, 0.3) is 6.08 Å². The number of piperidine rings is 1. The van der Waals surface area contributed by atoms with Crippen LogP contribution in [-0.2, 0) is 0 Å². The van der Waals surface area contributed by atoms with Crippen LogP contribution in [-0.4, -0.2) is 35.0 Å². The number of aromatic amines is 1. The van der Waals surface area contributed by atoms with E-state index in [2.05, 4.69) is 40.6 Å². The highest BCUT2D eigenvalue weighted by molar-refractivity contribution is 5.75. The van der Waals surface area contributed by atoms with Gasteiger partial charge in [0.2, 0.25) is 0 Å². The van der Waals surface area contributed by atoms with Crippen molar-refractivity contribution >= 4 is 12.1 Å². The number of ether oxygens (including phenoxy) is 1. The molecule has 2 aromatic carbocycles. The molecule has 0 bridgehead atoms. The number of carbonyl (C=O) groups excluding carboxylic acids is 1. The molecule has 1 aromatic heterocycles. The van der Waals surface area contributed by atoms with E-state index in [1.807, 2.05) is 35.2 Å². The average Bonchev–Trinajstić information content (AvgIpc) is 3.59. The highest BCUT2D eigenvalue weighted by Crippen LogP contribution is 2.40. The maximum absolute atomic E-state index is 12.7. The molecule has 1 saturated carbocycles. The van der Waals surface area contributed by atoms with Gasteiger partial charge in [0.05, 0.1) is 0 Å². The van der Waals surface area contributed by atoms with E-state index in [4.69, 9.17) is 4.74 Å². The summed E-state index contributed by atoms with van der Waals surface area (Å²) in [6.07, 6.45) is 4.90. The van der Waals surface area contributed by atoms with Crippen molar-refractivity contribution in [1.29, 1.82) is 0 Å². The molecule has 2 heterocycles. The number of hydrogen-bond acceptors (Lipinski definition) is 3. The van der Waals surface area contributed by atoms with Gasteiger partial charge in [0.1, 0.15) is 5.75 Å². The molecule has 5 rings (SSSR count). The van der Waals surface area contributed by atoms with Crippen molar-refractivity contribution in [2.75, 3.05) is 13.1 Å². The number of aromatic nitrogens is 1. The molecule has 2 atom stereocenters. The minimum absolute atomic E-state index is 0.0460. The quantitative estimate of drug-likeness (QED) is 0.591. The topological polar surface area (TPSA) is 74.4 Å². The van der Waals surface area contributed by atoms with Gasteiger partial charge in [-0.1, -0.05) is 60.2 Å². The van der Waals surface area contributed by atoms with Crippen LogP contribution in [0.1, 0.15) is 36.3 Å². The van der Waals surface area contributed by atoms with E-state index in [1.54, 1.807) is 12.1 Å². The number of hydrogen-bond donors (Lipinski definition) is 2. The highest BCUT2D eigenvalue weighted by atomic mass is 16.5. The Hall–Kier alpha value is -3.80. The fourth-order valence-corrected chi connectivity index (χ4v) is 4.33. The Bertz CT molecular complexity index is 1210. The zero-order valence-corrected chi connectivity index (χ0v) is 18.4. The Labute approximate surface area is 192 Å². The summed E-state index contributed by atoms with van der Waals surface area (Å²) in [6.45, 7) is 1.45. The average molecular weight is 442 g/mol. The van der Waals surface area contributed by atoms with Crippen molar-refractivity contribution in [1.82, 2.24) is 15.2 Å². The van der Waals surface area contributed by atoms with E-state index >= 15 is 0 Å². The predicted molar refractivity (Wildman–Crippen MR) is 128 cm³/mol. The third-order valence-corrected chi connectivity index (χ3v) is 6.22. The lowest BCUT2D eigenvalue weighted by molar-refractivity contribution is 0.193. The number of nitrogens with one attached hydrogen (secondary N) is 2. The lowest BCUT2D eigenvalue weighted by atomic mass is 10.0. The molecule has 0 unspecified atom stereocenters. The molecule has 2 N–H and O–H groups in total. The van der Waals surface area contributed by atoms with Gasteiger partial charge >= 0.3 is 6.03 Å². The Morgan fingerprint density at radius 3 is 2.58 bits per heavy atom. The molecule has 0 spiro atoms. The monoisotopic (exact) mass is 441 g/mol. The van der Waals surface area contributed by atoms with Gasteiger partial charge in [-0.2, -0.15) is 0 Å². The second-order valence-corrected chi connectivity index (χ2v) is 8.65. The largest absolute Gasteiger partial charge is 0.441 e. The summed E-state index contributed by atoms with van der Waals surface area (Å²) in [4.78, 5) is 28.7. The first-order valence-electron chi connectivity index (χ1n) is 11.4. The standard InChI is InChI=1S/C27H27N3O3/c31-25-10-5-11-26(29-25)33-22-9-4-6-20(17-22)16-19-12-14-30(15-13-19)27(32)28-24-18-23(24)21-7-2-1-3-8-21/h1-11,16-17,23-24H,12-15,18H2,(H,28,32)(H,29,31)/t23-,24+/m0/s1. The van der Waals surface area contributed by atoms with Crippen LogP contribution < -0.4 is 15.6 Å². The van der Waals surface area contributed by atoms with Gasteiger partial charge in [-0.3, -0.25) is 9.78 Å². The first-order valence-corrected chi connectivity index (χ1v) is 11.4. The van der Waals surface area contributed by atoms with Crippen molar-refractivity contribution in [3.05, 3.63) is 99.9 Å². The zero-order valence-electron chi connectivity index (χ0n) is 18.4. The SMILES string of the molecule is O=C(N[C@@H]1C[C@H]1c1ccccc1)N1CCC(=Cc2cccc(Oc3cccc(=O)[nH]3)c2)CC1.